The molecular weight excluding hydrogens is 282 g/mol. The second kappa shape index (κ2) is 5.19. The van der Waals surface area contributed by atoms with Crippen LogP contribution in [0.5, 0.6) is 0 Å². The van der Waals surface area contributed by atoms with Crippen LogP contribution in [0.4, 0.5) is 0 Å². The predicted octanol–water partition coefficient (Wildman–Crippen LogP) is 2.96. The van der Waals surface area contributed by atoms with Gasteiger partial charge in [0.25, 0.3) is 0 Å². The van der Waals surface area contributed by atoms with E-state index in [-0.39, 0.29) is 18.0 Å². The molecule has 0 aliphatic heterocycles. The van der Waals surface area contributed by atoms with Crippen LogP contribution in [0.1, 0.15) is 31.4 Å². The van der Waals surface area contributed by atoms with Gasteiger partial charge in [0, 0.05) is 16.6 Å². The number of aliphatic carboxylic acids is 1. The molecule has 0 heterocycles. The summed E-state index contributed by atoms with van der Waals surface area (Å²) in [5, 5.41) is 12.4. The summed E-state index contributed by atoms with van der Waals surface area (Å²) in [5.41, 5.74) is 1.18. The first-order valence-electron chi connectivity index (χ1n) is 5.82. The molecular formula is C13H16BrNO2. The van der Waals surface area contributed by atoms with Crippen LogP contribution in [0.25, 0.3) is 0 Å². The van der Waals surface area contributed by atoms with Crippen LogP contribution in [0.2, 0.25) is 0 Å². The molecule has 2 N–H and O–H groups in total. The summed E-state index contributed by atoms with van der Waals surface area (Å²) < 4.78 is 1.05. The Morgan fingerprint density at radius 2 is 2.29 bits per heavy atom. The number of rotatable bonds is 4. The third-order valence-electron chi connectivity index (χ3n) is 3.40. The van der Waals surface area contributed by atoms with Crippen LogP contribution in [-0.2, 0) is 4.79 Å². The molecule has 3 unspecified atom stereocenters. The van der Waals surface area contributed by atoms with E-state index in [2.05, 4.69) is 40.3 Å². The maximum Gasteiger partial charge on any atom is 0.308 e. The molecule has 17 heavy (non-hydrogen) atoms. The smallest absolute Gasteiger partial charge is 0.308 e. The Morgan fingerprint density at radius 3 is 2.82 bits per heavy atom. The summed E-state index contributed by atoms with van der Waals surface area (Å²) in [6.45, 7) is 2.07. The predicted molar refractivity (Wildman–Crippen MR) is 69.8 cm³/mol. The minimum absolute atomic E-state index is 0.112. The van der Waals surface area contributed by atoms with Crippen molar-refractivity contribution in [3.63, 3.8) is 0 Å². The standard InChI is InChI=1S/C13H16BrNO2/c1-8(9-3-2-4-10(14)7-9)15-12-6-5-11(12)13(16)17/h2-4,7-8,11-12,15H,5-6H2,1H3,(H,16,17). The van der Waals surface area contributed by atoms with Crippen molar-refractivity contribution in [3.05, 3.63) is 34.3 Å². The second-order valence-electron chi connectivity index (χ2n) is 4.57. The van der Waals surface area contributed by atoms with Gasteiger partial charge in [-0.1, -0.05) is 28.1 Å². The molecule has 1 aliphatic carbocycles. The van der Waals surface area contributed by atoms with Gasteiger partial charge >= 0.3 is 5.97 Å². The minimum Gasteiger partial charge on any atom is -0.481 e. The summed E-state index contributed by atoms with van der Waals surface area (Å²) >= 11 is 3.44. The number of carbonyl (C=O) groups is 1. The largest absolute Gasteiger partial charge is 0.481 e. The zero-order valence-electron chi connectivity index (χ0n) is 9.69. The number of benzene rings is 1. The van der Waals surface area contributed by atoms with Crippen molar-refractivity contribution in [2.45, 2.75) is 31.8 Å². The van der Waals surface area contributed by atoms with Crippen LogP contribution >= 0.6 is 15.9 Å². The molecule has 1 aliphatic rings. The molecule has 3 atom stereocenters. The Morgan fingerprint density at radius 1 is 1.53 bits per heavy atom. The van der Waals surface area contributed by atoms with Crippen molar-refractivity contribution in [2.24, 2.45) is 5.92 Å². The highest BCUT2D eigenvalue weighted by atomic mass is 79.9. The molecule has 1 fully saturated rings. The van der Waals surface area contributed by atoms with Gasteiger partial charge in [-0.2, -0.15) is 0 Å². The SMILES string of the molecule is CC(NC1CCC1C(=O)O)c1cccc(Br)c1. The first kappa shape index (κ1) is 12.6. The Hall–Kier alpha value is -0.870. The van der Waals surface area contributed by atoms with E-state index in [1.807, 2.05) is 12.1 Å². The number of halogens is 1. The molecule has 3 nitrogen and oxygen atoms in total. The van der Waals surface area contributed by atoms with Gasteiger partial charge < -0.3 is 10.4 Å². The highest BCUT2D eigenvalue weighted by Gasteiger charge is 2.37. The fourth-order valence-electron chi connectivity index (χ4n) is 2.19. The first-order valence-corrected chi connectivity index (χ1v) is 6.61. The van der Waals surface area contributed by atoms with Crippen molar-refractivity contribution in [3.8, 4) is 0 Å². The van der Waals surface area contributed by atoms with E-state index in [4.69, 9.17) is 5.11 Å². The molecule has 0 spiro atoms. The minimum atomic E-state index is -0.685. The first-order chi connectivity index (χ1) is 8.08. The number of hydrogen-bond acceptors (Lipinski definition) is 2. The second-order valence-corrected chi connectivity index (χ2v) is 5.49. The normalized spacial score (nSPS) is 25.1. The Kier molecular flexibility index (Phi) is 3.84. The van der Waals surface area contributed by atoms with Crippen LogP contribution in [-0.4, -0.2) is 17.1 Å². The Bertz CT molecular complexity index is 422. The van der Waals surface area contributed by atoms with Crippen LogP contribution < -0.4 is 5.32 Å². The maximum atomic E-state index is 10.9. The van der Waals surface area contributed by atoms with E-state index in [1.54, 1.807) is 0 Å². The lowest BCUT2D eigenvalue weighted by atomic mass is 9.79. The average molecular weight is 298 g/mol. The van der Waals surface area contributed by atoms with Gasteiger partial charge in [0.15, 0.2) is 0 Å². The zero-order valence-corrected chi connectivity index (χ0v) is 11.3. The third-order valence-corrected chi connectivity index (χ3v) is 3.90. The Labute approximate surface area is 109 Å². The van der Waals surface area contributed by atoms with Crippen molar-refractivity contribution in [2.75, 3.05) is 0 Å². The summed E-state index contributed by atoms with van der Waals surface area (Å²) in [7, 11) is 0. The molecule has 4 heteroatoms. The molecule has 0 bridgehead atoms. The molecule has 1 aromatic carbocycles. The lowest BCUT2D eigenvalue weighted by Crippen LogP contribution is -2.48. The molecule has 0 radical (unpaired) electrons. The van der Waals surface area contributed by atoms with E-state index >= 15 is 0 Å². The summed E-state index contributed by atoms with van der Waals surface area (Å²) in [6, 6.07) is 8.39. The van der Waals surface area contributed by atoms with Crippen LogP contribution in [0.15, 0.2) is 28.7 Å². The Balaban J connectivity index is 1.98. The van der Waals surface area contributed by atoms with Crippen molar-refractivity contribution in [1.29, 1.82) is 0 Å². The van der Waals surface area contributed by atoms with Crippen molar-refractivity contribution < 1.29 is 9.90 Å². The van der Waals surface area contributed by atoms with E-state index in [1.165, 1.54) is 5.56 Å². The molecule has 0 saturated heterocycles. The van der Waals surface area contributed by atoms with Crippen LogP contribution in [0.3, 0.4) is 0 Å². The van der Waals surface area contributed by atoms with Crippen molar-refractivity contribution >= 4 is 21.9 Å². The highest BCUT2D eigenvalue weighted by Crippen LogP contribution is 2.30. The molecule has 1 saturated carbocycles. The van der Waals surface area contributed by atoms with E-state index in [0.29, 0.717) is 0 Å². The number of carboxylic acid groups (broad SMARTS) is 1. The number of nitrogens with one attached hydrogen (secondary N) is 1. The number of carboxylic acids is 1. The molecule has 2 rings (SSSR count). The van der Waals surface area contributed by atoms with E-state index in [0.717, 1.165) is 17.3 Å². The molecule has 1 aromatic rings. The monoisotopic (exact) mass is 297 g/mol. The fraction of sp³-hybridized carbons (Fsp3) is 0.462. The van der Waals surface area contributed by atoms with E-state index in [9.17, 15) is 4.79 Å². The fourth-order valence-corrected chi connectivity index (χ4v) is 2.61. The highest BCUT2D eigenvalue weighted by molar-refractivity contribution is 9.10. The van der Waals surface area contributed by atoms with Gasteiger partial charge in [-0.3, -0.25) is 4.79 Å². The molecule has 0 amide bonds. The quantitative estimate of drug-likeness (QED) is 0.898. The summed E-state index contributed by atoms with van der Waals surface area (Å²) in [4.78, 5) is 10.9. The van der Waals surface area contributed by atoms with Gasteiger partial charge in [-0.25, -0.2) is 0 Å². The van der Waals surface area contributed by atoms with Gasteiger partial charge in [0.1, 0.15) is 0 Å². The van der Waals surface area contributed by atoms with Gasteiger partial charge in [-0.15, -0.1) is 0 Å². The lowest BCUT2D eigenvalue weighted by Gasteiger charge is -2.36. The molecule has 92 valence electrons. The number of hydrogen-bond donors (Lipinski definition) is 2. The average Bonchev–Trinajstić information content (AvgIpc) is 2.23. The summed E-state index contributed by atoms with van der Waals surface area (Å²) in [6.07, 6.45) is 1.74. The van der Waals surface area contributed by atoms with E-state index < -0.39 is 5.97 Å². The third kappa shape index (κ3) is 2.87. The van der Waals surface area contributed by atoms with Gasteiger partial charge in [0.05, 0.1) is 5.92 Å². The van der Waals surface area contributed by atoms with Crippen molar-refractivity contribution in [1.82, 2.24) is 5.32 Å². The van der Waals surface area contributed by atoms with Crippen LogP contribution in [0, 0.1) is 5.92 Å². The zero-order chi connectivity index (χ0) is 12.4. The molecule has 0 aromatic heterocycles. The topological polar surface area (TPSA) is 49.3 Å². The van der Waals surface area contributed by atoms with Gasteiger partial charge in [0.2, 0.25) is 0 Å². The lowest BCUT2D eigenvalue weighted by molar-refractivity contribution is -0.146. The summed E-state index contributed by atoms with van der Waals surface area (Å²) in [5.74, 6) is -0.903. The maximum absolute atomic E-state index is 10.9. The van der Waals surface area contributed by atoms with Gasteiger partial charge in [-0.05, 0) is 37.5 Å².